The second-order valence-corrected chi connectivity index (χ2v) is 8.05. The molecule has 0 spiro atoms. The van der Waals surface area contributed by atoms with Gasteiger partial charge in [0.1, 0.15) is 10.6 Å². The second-order valence-electron chi connectivity index (χ2n) is 5.67. The number of hydrogen-bond donors (Lipinski definition) is 1. The zero-order valence-electron chi connectivity index (χ0n) is 14.7. The number of carbonyl (C=O) groups is 1. The van der Waals surface area contributed by atoms with E-state index in [9.17, 15) is 13.2 Å². The number of anilines is 1. The predicted molar refractivity (Wildman–Crippen MR) is 99.7 cm³/mol. The Hall–Kier alpha value is -1.83. The zero-order chi connectivity index (χ0) is 18.8. The number of carbonyl (C=O) groups excluding carboxylic acids is 1. The summed E-state index contributed by atoms with van der Waals surface area (Å²) >= 11 is 5.92. The molecule has 25 heavy (non-hydrogen) atoms. The van der Waals surface area contributed by atoms with Gasteiger partial charge < -0.3 is 9.88 Å². The summed E-state index contributed by atoms with van der Waals surface area (Å²) in [5.74, 6) is -0.381. The van der Waals surface area contributed by atoms with Crippen LogP contribution in [-0.2, 0) is 17.1 Å². The number of nitrogens with one attached hydrogen (secondary N) is 1. The Morgan fingerprint density at radius 2 is 1.88 bits per heavy atom. The van der Waals surface area contributed by atoms with E-state index in [1.165, 1.54) is 21.1 Å². The number of rotatable bonds is 6. The Morgan fingerprint density at radius 1 is 1.24 bits per heavy atom. The molecule has 1 amide bonds. The smallest absolute Gasteiger partial charge is 0.272 e. The third-order valence-corrected chi connectivity index (χ3v) is 6.24. The molecule has 1 N–H and O–H groups in total. The molecule has 2 aromatic rings. The lowest BCUT2D eigenvalue weighted by Crippen LogP contribution is -2.30. The van der Waals surface area contributed by atoms with E-state index < -0.39 is 10.0 Å². The van der Waals surface area contributed by atoms with Crippen molar-refractivity contribution in [2.45, 2.75) is 25.7 Å². The minimum absolute atomic E-state index is 0.108. The molecule has 0 atom stereocenters. The number of sulfonamides is 1. The van der Waals surface area contributed by atoms with Gasteiger partial charge in [0.2, 0.25) is 10.0 Å². The van der Waals surface area contributed by atoms with Crippen LogP contribution in [0.2, 0.25) is 5.02 Å². The molecule has 6 nitrogen and oxygen atoms in total. The number of nitrogens with zero attached hydrogens (tertiary/aromatic N) is 2. The molecule has 0 saturated heterocycles. The van der Waals surface area contributed by atoms with Gasteiger partial charge in [-0.15, -0.1) is 0 Å². The number of aryl methyl sites for hydroxylation is 2. The van der Waals surface area contributed by atoms with Crippen LogP contribution < -0.4 is 5.32 Å². The van der Waals surface area contributed by atoms with Crippen molar-refractivity contribution in [2.24, 2.45) is 7.05 Å². The van der Waals surface area contributed by atoms with Crippen LogP contribution in [0.1, 0.15) is 29.9 Å². The maximum atomic E-state index is 12.6. The van der Waals surface area contributed by atoms with Crippen LogP contribution in [0, 0.1) is 6.92 Å². The van der Waals surface area contributed by atoms with Gasteiger partial charge in [-0.3, -0.25) is 4.79 Å². The van der Waals surface area contributed by atoms with Crippen molar-refractivity contribution in [3.63, 3.8) is 0 Å². The quantitative estimate of drug-likeness (QED) is 0.832. The standard InChI is InChI=1S/C17H22ClN3O3S/c1-5-21(6-2)25(23,24)14-10-16(20(4)11-14)17(22)19-15-8-7-13(18)9-12(15)3/h7-11H,5-6H2,1-4H3,(H,19,22). The van der Waals surface area contributed by atoms with E-state index in [2.05, 4.69) is 5.32 Å². The number of benzene rings is 1. The molecule has 0 unspecified atom stereocenters. The molecule has 8 heteroatoms. The van der Waals surface area contributed by atoms with Crippen molar-refractivity contribution < 1.29 is 13.2 Å². The zero-order valence-corrected chi connectivity index (χ0v) is 16.3. The van der Waals surface area contributed by atoms with Gasteiger partial charge in [0.25, 0.3) is 5.91 Å². The Bertz CT molecular complexity index is 887. The summed E-state index contributed by atoms with van der Waals surface area (Å²) in [5.41, 5.74) is 1.72. The van der Waals surface area contributed by atoms with Gasteiger partial charge in [-0.1, -0.05) is 25.4 Å². The highest BCUT2D eigenvalue weighted by Crippen LogP contribution is 2.22. The van der Waals surface area contributed by atoms with E-state index in [1.54, 1.807) is 39.1 Å². The van der Waals surface area contributed by atoms with Crippen LogP contribution in [0.15, 0.2) is 35.4 Å². The Labute approximate surface area is 153 Å². The van der Waals surface area contributed by atoms with Gasteiger partial charge >= 0.3 is 0 Å². The Balaban J connectivity index is 2.32. The van der Waals surface area contributed by atoms with E-state index in [-0.39, 0.29) is 16.5 Å². The van der Waals surface area contributed by atoms with Crippen molar-refractivity contribution in [3.8, 4) is 0 Å². The normalized spacial score (nSPS) is 11.8. The summed E-state index contributed by atoms with van der Waals surface area (Å²) in [4.78, 5) is 12.7. The molecule has 1 heterocycles. The van der Waals surface area contributed by atoms with Gasteiger partial charge in [-0.25, -0.2) is 8.42 Å². The molecule has 0 bridgehead atoms. The van der Waals surface area contributed by atoms with Gasteiger partial charge in [0.05, 0.1) is 0 Å². The summed E-state index contributed by atoms with van der Waals surface area (Å²) in [6.07, 6.45) is 1.46. The van der Waals surface area contributed by atoms with Crippen molar-refractivity contribution in [1.82, 2.24) is 8.87 Å². The van der Waals surface area contributed by atoms with Gasteiger partial charge in [0, 0.05) is 37.0 Å². The largest absolute Gasteiger partial charge is 0.345 e. The molecule has 2 rings (SSSR count). The third-order valence-electron chi connectivity index (χ3n) is 3.99. The first kappa shape index (κ1) is 19.5. The van der Waals surface area contributed by atoms with Crippen LogP contribution >= 0.6 is 11.6 Å². The van der Waals surface area contributed by atoms with Crippen LogP contribution in [-0.4, -0.2) is 36.3 Å². The lowest BCUT2D eigenvalue weighted by atomic mass is 10.2. The van der Waals surface area contributed by atoms with E-state index in [0.29, 0.717) is 23.8 Å². The van der Waals surface area contributed by atoms with Crippen LogP contribution in [0.3, 0.4) is 0 Å². The average molecular weight is 384 g/mol. The molecule has 1 aromatic heterocycles. The van der Waals surface area contributed by atoms with E-state index in [1.807, 2.05) is 6.92 Å². The first-order valence-electron chi connectivity index (χ1n) is 7.94. The monoisotopic (exact) mass is 383 g/mol. The Kier molecular flexibility index (Phi) is 5.92. The van der Waals surface area contributed by atoms with Crippen molar-refractivity contribution in [1.29, 1.82) is 0 Å². The molecule has 0 saturated carbocycles. The molecule has 0 aliphatic carbocycles. The van der Waals surface area contributed by atoms with Crippen LogP contribution in [0.25, 0.3) is 0 Å². The SMILES string of the molecule is CCN(CC)S(=O)(=O)c1cc(C(=O)Nc2ccc(Cl)cc2C)n(C)c1. The van der Waals surface area contributed by atoms with Crippen molar-refractivity contribution in [2.75, 3.05) is 18.4 Å². The molecule has 1 aromatic carbocycles. The molecular weight excluding hydrogens is 362 g/mol. The predicted octanol–water partition coefficient (Wildman–Crippen LogP) is 3.27. The summed E-state index contributed by atoms with van der Waals surface area (Å²) in [5, 5.41) is 3.37. The molecule has 0 fully saturated rings. The summed E-state index contributed by atoms with van der Waals surface area (Å²) in [6.45, 7) is 6.14. The Morgan fingerprint density at radius 3 is 2.44 bits per heavy atom. The average Bonchev–Trinajstić information content (AvgIpc) is 2.94. The first-order valence-corrected chi connectivity index (χ1v) is 9.76. The van der Waals surface area contributed by atoms with E-state index >= 15 is 0 Å². The highest BCUT2D eigenvalue weighted by Gasteiger charge is 2.25. The highest BCUT2D eigenvalue weighted by molar-refractivity contribution is 7.89. The second kappa shape index (κ2) is 7.59. The fourth-order valence-corrected chi connectivity index (χ4v) is 4.32. The number of hydrogen-bond acceptors (Lipinski definition) is 3. The van der Waals surface area contributed by atoms with Gasteiger partial charge in [-0.2, -0.15) is 4.31 Å². The van der Waals surface area contributed by atoms with E-state index in [0.717, 1.165) is 5.56 Å². The summed E-state index contributed by atoms with van der Waals surface area (Å²) in [6, 6.07) is 6.55. The van der Waals surface area contributed by atoms with Crippen LogP contribution in [0.5, 0.6) is 0 Å². The molecule has 0 aliphatic rings. The van der Waals surface area contributed by atoms with Crippen LogP contribution in [0.4, 0.5) is 5.69 Å². The first-order chi connectivity index (χ1) is 11.7. The molecule has 0 radical (unpaired) electrons. The lowest BCUT2D eigenvalue weighted by molar-refractivity contribution is 0.101. The van der Waals surface area contributed by atoms with Crippen molar-refractivity contribution >= 4 is 33.2 Å². The van der Waals surface area contributed by atoms with Gasteiger partial charge in [-0.05, 0) is 36.8 Å². The maximum absolute atomic E-state index is 12.6. The number of amides is 1. The topological polar surface area (TPSA) is 71.4 Å². The lowest BCUT2D eigenvalue weighted by Gasteiger charge is -2.17. The number of halogens is 1. The summed E-state index contributed by atoms with van der Waals surface area (Å²) in [7, 11) is -1.96. The molecular formula is C17H22ClN3O3S. The number of aromatic nitrogens is 1. The molecule has 0 aliphatic heterocycles. The van der Waals surface area contributed by atoms with Crippen molar-refractivity contribution in [3.05, 3.63) is 46.7 Å². The fraction of sp³-hybridized carbons (Fsp3) is 0.353. The minimum Gasteiger partial charge on any atom is -0.345 e. The third kappa shape index (κ3) is 4.05. The fourth-order valence-electron chi connectivity index (χ4n) is 2.57. The molecule has 136 valence electrons. The van der Waals surface area contributed by atoms with E-state index in [4.69, 9.17) is 11.6 Å². The highest BCUT2D eigenvalue weighted by atomic mass is 35.5. The van der Waals surface area contributed by atoms with Gasteiger partial charge in [0.15, 0.2) is 0 Å². The minimum atomic E-state index is -3.61. The summed E-state index contributed by atoms with van der Waals surface area (Å²) < 4.78 is 28.1. The maximum Gasteiger partial charge on any atom is 0.272 e.